The predicted molar refractivity (Wildman–Crippen MR) is 62.1 cm³/mol. The molecule has 0 aromatic heterocycles. The van der Waals surface area contributed by atoms with Gasteiger partial charge in [0.1, 0.15) is 0 Å². The fourth-order valence-corrected chi connectivity index (χ4v) is 2.35. The number of likely N-dealkylation sites (tertiary alicyclic amines) is 1. The van der Waals surface area contributed by atoms with Crippen LogP contribution in [0.15, 0.2) is 30.3 Å². The fraction of sp³-hybridized carbons (Fsp3) is 0.462. The van der Waals surface area contributed by atoms with E-state index >= 15 is 0 Å². The van der Waals surface area contributed by atoms with Gasteiger partial charge in [-0.25, -0.2) is 0 Å². The minimum absolute atomic E-state index is 0.220. The van der Waals surface area contributed by atoms with E-state index in [1.807, 2.05) is 18.2 Å². The Bertz CT molecular complexity index is 350. The van der Waals surface area contributed by atoms with Crippen molar-refractivity contribution < 1.29 is 9.90 Å². The molecule has 3 nitrogen and oxygen atoms in total. The zero-order chi connectivity index (χ0) is 11.4. The molecule has 1 saturated heterocycles. The molecule has 0 spiro atoms. The molecule has 1 N–H and O–H groups in total. The van der Waals surface area contributed by atoms with Gasteiger partial charge in [0.2, 0.25) is 0 Å². The van der Waals surface area contributed by atoms with Gasteiger partial charge in [-0.2, -0.15) is 0 Å². The third kappa shape index (κ3) is 2.83. The first-order valence-corrected chi connectivity index (χ1v) is 5.75. The molecule has 1 heterocycles. The van der Waals surface area contributed by atoms with Crippen LogP contribution in [0.2, 0.25) is 0 Å². The van der Waals surface area contributed by atoms with Crippen LogP contribution in [0.5, 0.6) is 0 Å². The summed E-state index contributed by atoms with van der Waals surface area (Å²) in [5.74, 6) is -0.690. The molecule has 1 aliphatic rings. The van der Waals surface area contributed by atoms with Gasteiger partial charge in [0.15, 0.2) is 0 Å². The highest BCUT2D eigenvalue weighted by atomic mass is 16.4. The Morgan fingerprint density at radius 3 is 2.81 bits per heavy atom. The van der Waals surface area contributed by atoms with Crippen LogP contribution in [-0.4, -0.2) is 28.6 Å². The summed E-state index contributed by atoms with van der Waals surface area (Å²) in [5.41, 5.74) is 1.26. The van der Waals surface area contributed by atoms with Crippen molar-refractivity contribution in [1.82, 2.24) is 4.90 Å². The summed E-state index contributed by atoms with van der Waals surface area (Å²) in [7, 11) is 0. The Morgan fingerprint density at radius 1 is 1.38 bits per heavy atom. The Morgan fingerprint density at radius 2 is 2.12 bits per heavy atom. The molecule has 1 atom stereocenters. The van der Waals surface area contributed by atoms with Crippen LogP contribution in [0, 0.1) is 0 Å². The number of hydrogen-bond acceptors (Lipinski definition) is 2. The molecule has 86 valence electrons. The van der Waals surface area contributed by atoms with Crippen molar-refractivity contribution in [3.05, 3.63) is 35.9 Å². The quantitative estimate of drug-likeness (QED) is 0.843. The minimum atomic E-state index is -0.690. The van der Waals surface area contributed by atoms with Crippen LogP contribution in [-0.2, 0) is 11.3 Å². The first-order chi connectivity index (χ1) is 7.75. The smallest absolute Gasteiger partial charge is 0.304 e. The SMILES string of the molecule is O=C(O)CC1CCCN1Cc1ccccc1. The molecule has 16 heavy (non-hydrogen) atoms. The lowest BCUT2D eigenvalue weighted by Gasteiger charge is -2.23. The van der Waals surface area contributed by atoms with Gasteiger partial charge >= 0.3 is 5.97 Å². The van der Waals surface area contributed by atoms with E-state index in [0.29, 0.717) is 0 Å². The molecular weight excluding hydrogens is 202 g/mol. The molecule has 0 amide bonds. The average molecular weight is 219 g/mol. The van der Waals surface area contributed by atoms with Crippen molar-refractivity contribution in [3.63, 3.8) is 0 Å². The molecule has 0 aliphatic carbocycles. The number of carbonyl (C=O) groups is 1. The van der Waals surface area contributed by atoms with Crippen molar-refractivity contribution in [3.8, 4) is 0 Å². The molecule has 0 bridgehead atoms. The number of aliphatic carboxylic acids is 1. The maximum absolute atomic E-state index is 10.7. The number of nitrogens with zero attached hydrogens (tertiary/aromatic N) is 1. The summed E-state index contributed by atoms with van der Waals surface area (Å²) in [4.78, 5) is 13.0. The van der Waals surface area contributed by atoms with E-state index in [2.05, 4.69) is 17.0 Å². The van der Waals surface area contributed by atoms with Crippen LogP contribution in [0.3, 0.4) is 0 Å². The lowest BCUT2D eigenvalue weighted by atomic mass is 10.1. The highest BCUT2D eigenvalue weighted by Gasteiger charge is 2.26. The Kier molecular flexibility index (Phi) is 3.57. The Hall–Kier alpha value is -1.35. The molecule has 3 heteroatoms. The largest absolute Gasteiger partial charge is 0.481 e. The molecule has 1 aliphatic heterocycles. The van der Waals surface area contributed by atoms with Gasteiger partial charge in [-0.05, 0) is 24.9 Å². The molecule has 2 rings (SSSR count). The van der Waals surface area contributed by atoms with Crippen LogP contribution in [0.25, 0.3) is 0 Å². The second-order valence-corrected chi connectivity index (χ2v) is 4.35. The number of hydrogen-bond donors (Lipinski definition) is 1. The van der Waals surface area contributed by atoms with E-state index < -0.39 is 5.97 Å². The highest BCUT2D eigenvalue weighted by Crippen LogP contribution is 2.22. The van der Waals surface area contributed by atoms with Gasteiger partial charge in [-0.15, -0.1) is 0 Å². The lowest BCUT2D eigenvalue weighted by Crippen LogP contribution is -2.30. The predicted octanol–water partition coefficient (Wildman–Crippen LogP) is 2.13. The molecule has 0 radical (unpaired) electrons. The first-order valence-electron chi connectivity index (χ1n) is 5.75. The lowest BCUT2D eigenvalue weighted by molar-refractivity contribution is -0.138. The average Bonchev–Trinajstić information content (AvgIpc) is 2.66. The number of carboxylic acids is 1. The van der Waals surface area contributed by atoms with Crippen LogP contribution < -0.4 is 0 Å². The van der Waals surface area contributed by atoms with Crippen molar-refractivity contribution in [2.45, 2.75) is 31.8 Å². The number of rotatable bonds is 4. The summed E-state index contributed by atoms with van der Waals surface area (Å²) in [6, 6.07) is 10.5. The van der Waals surface area contributed by atoms with Crippen molar-refractivity contribution in [1.29, 1.82) is 0 Å². The maximum Gasteiger partial charge on any atom is 0.304 e. The zero-order valence-electron chi connectivity index (χ0n) is 9.30. The van der Waals surface area contributed by atoms with Gasteiger partial charge in [0.25, 0.3) is 0 Å². The summed E-state index contributed by atoms with van der Waals surface area (Å²) in [6.45, 7) is 1.89. The summed E-state index contributed by atoms with van der Waals surface area (Å²) in [6.07, 6.45) is 2.40. The summed E-state index contributed by atoms with van der Waals surface area (Å²) < 4.78 is 0. The van der Waals surface area contributed by atoms with E-state index in [0.717, 1.165) is 25.9 Å². The zero-order valence-corrected chi connectivity index (χ0v) is 9.30. The first kappa shape index (κ1) is 11.1. The molecule has 1 aromatic carbocycles. The van der Waals surface area contributed by atoms with E-state index in [4.69, 9.17) is 5.11 Å². The van der Waals surface area contributed by atoms with Crippen LogP contribution in [0.4, 0.5) is 0 Å². The molecule has 1 fully saturated rings. The van der Waals surface area contributed by atoms with E-state index in [1.54, 1.807) is 0 Å². The normalized spacial score (nSPS) is 21.1. The van der Waals surface area contributed by atoms with Crippen LogP contribution in [0.1, 0.15) is 24.8 Å². The minimum Gasteiger partial charge on any atom is -0.481 e. The topological polar surface area (TPSA) is 40.5 Å². The van der Waals surface area contributed by atoms with Gasteiger partial charge in [-0.3, -0.25) is 9.69 Å². The number of carboxylic acid groups (broad SMARTS) is 1. The van der Waals surface area contributed by atoms with Gasteiger partial charge in [0, 0.05) is 12.6 Å². The summed E-state index contributed by atoms with van der Waals surface area (Å²) >= 11 is 0. The fourth-order valence-electron chi connectivity index (χ4n) is 2.35. The van der Waals surface area contributed by atoms with Crippen LogP contribution >= 0.6 is 0 Å². The van der Waals surface area contributed by atoms with E-state index in [9.17, 15) is 4.79 Å². The van der Waals surface area contributed by atoms with Gasteiger partial charge < -0.3 is 5.11 Å². The molecule has 0 saturated carbocycles. The number of benzene rings is 1. The van der Waals surface area contributed by atoms with E-state index in [-0.39, 0.29) is 12.5 Å². The van der Waals surface area contributed by atoms with Gasteiger partial charge in [-0.1, -0.05) is 30.3 Å². The molecule has 1 aromatic rings. The highest BCUT2D eigenvalue weighted by molar-refractivity contribution is 5.67. The third-order valence-electron chi connectivity index (χ3n) is 3.14. The second-order valence-electron chi connectivity index (χ2n) is 4.35. The summed E-state index contributed by atoms with van der Waals surface area (Å²) in [5, 5.41) is 8.83. The monoisotopic (exact) mass is 219 g/mol. The molecule has 1 unspecified atom stereocenters. The second kappa shape index (κ2) is 5.12. The van der Waals surface area contributed by atoms with E-state index in [1.165, 1.54) is 5.56 Å². The Balaban J connectivity index is 1.96. The van der Waals surface area contributed by atoms with Gasteiger partial charge in [0.05, 0.1) is 6.42 Å². The van der Waals surface area contributed by atoms with Crippen molar-refractivity contribution >= 4 is 5.97 Å². The third-order valence-corrected chi connectivity index (χ3v) is 3.14. The van der Waals surface area contributed by atoms with Crippen molar-refractivity contribution in [2.75, 3.05) is 6.54 Å². The standard InChI is InChI=1S/C13H17NO2/c15-13(16)9-12-7-4-8-14(12)10-11-5-2-1-3-6-11/h1-3,5-6,12H,4,7-10H2,(H,15,16). The Labute approximate surface area is 95.7 Å². The molecular formula is C13H17NO2. The van der Waals surface area contributed by atoms with Crippen molar-refractivity contribution in [2.24, 2.45) is 0 Å². The maximum atomic E-state index is 10.7.